The van der Waals surface area contributed by atoms with Crippen LogP contribution in [0.1, 0.15) is 52.9 Å². The van der Waals surface area contributed by atoms with Gasteiger partial charge in [-0.25, -0.2) is 0 Å². The zero-order chi connectivity index (χ0) is 11.5. The molecule has 15 heavy (non-hydrogen) atoms. The lowest BCUT2D eigenvalue weighted by Crippen LogP contribution is -2.55. The van der Waals surface area contributed by atoms with E-state index in [1.54, 1.807) is 0 Å². The second-order valence-corrected chi connectivity index (χ2v) is 4.44. The van der Waals surface area contributed by atoms with Crippen molar-refractivity contribution >= 4 is 5.97 Å². The van der Waals surface area contributed by atoms with E-state index in [0.717, 1.165) is 25.8 Å². The third-order valence-corrected chi connectivity index (χ3v) is 3.97. The summed E-state index contributed by atoms with van der Waals surface area (Å²) in [5.74, 6) is -0.646. The Kier molecular flexibility index (Phi) is 4.14. The number of rotatable bonds is 5. The Bertz CT molecular complexity index is 224. The number of hydrogen-bond acceptors (Lipinski definition) is 2. The van der Waals surface area contributed by atoms with E-state index in [-0.39, 0.29) is 0 Å². The van der Waals surface area contributed by atoms with Gasteiger partial charge >= 0.3 is 5.97 Å². The fraction of sp³-hybridized carbons (Fsp3) is 0.917. The second-order valence-electron chi connectivity index (χ2n) is 4.44. The van der Waals surface area contributed by atoms with Crippen LogP contribution in [0.2, 0.25) is 0 Å². The number of carboxylic acids is 1. The van der Waals surface area contributed by atoms with Crippen molar-refractivity contribution < 1.29 is 9.90 Å². The molecule has 0 aliphatic carbocycles. The highest BCUT2D eigenvalue weighted by Crippen LogP contribution is 2.33. The third kappa shape index (κ3) is 2.03. The Hall–Kier alpha value is -0.570. The monoisotopic (exact) mass is 213 g/mol. The van der Waals surface area contributed by atoms with E-state index >= 15 is 0 Å². The first kappa shape index (κ1) is 12.5. The number of carboxylic acid groups (broad SMARTS) is 1. The Morgan fingerprint density at radius 3 is 2.40 bits per heavy atom. The van der Waals surface area contributed by atoms with Crippen molar-refractivity contribution in [3.05, 3.63) is 0 Å². The minimum Gasteiger partial charge on any atom is -0.480 e. The predicted octanol–water partition coefficient (Wildman–Crippen LogP) is 2.50. The first-order valence-corrected chi connectivity index (χ1v) is 6.12. The van der Waals surface area contributed by atoms with Crippen LogP contribution in [0, 0.1) is 0 Å². The van der Waals surface area contributed by atoms with Gasteiger partial charge in [0.15, 0.2) is 0 Å². The van der Waals surface area contributed by atoms with Gasteiger partial charge in [0.2, 0.25) is 0 Å². The number of carbonyl (C=O) groups is 1. The predicted molar refractivity (Wildman–Crippen MR) is 61.0 cm³/mol. The van der Waals surface area contributed by atoms with E-state index in [2.05, 4.69) is 11.8 Å². The lowest BCUT2D eigenvalue weighted by atomic mass is 9.89. The number of aliphatic carboxylic acids is 1. The maximum atomic E-state index is 11.5. The van der Waals surface area contributed by atoms with Crippen LogP contribution >= 0.6 is 0 Å². The van der Waals surface area contributed by atoms with Crippen molar-refractivity contribution in [3.63, 3.8) is 0 Å². The van der Waals surface area contributed by atoms with E-state index in [1.807, 2.05) is 13.8 Å². The molecule has 1 unspecified atom stereocenters. The van der Waals surface area contributed by atoms with Crippen molar-refractivity contribution in [3.8, 4) is 0 Å². The maximum absolute atomic E-state index is 11.5. The molecule has 88 valence electrons. The smallest absolute Gasteiger partial charge is 0.324 e. The standard InChI is InChI=1S/C12H23NO2/c1-4-10-8-7-9-13(10)12(5-2,6-3)11(14)15/h10H,4-9H2,1-3H3,(H,14,15). The molecule has 1 N–H and O–H groups in total. The topological polar surface area (TPSA) is 40.5 Å². The van der Waals surface area contributed by atoms with Gasteiger partial charge in [-0.2, -0.15) is 0 Å². The Morgan fingerprint density at radius 2 is 2.00 bits per heavy atom. The van der Waals surface area contributed by atoms with Crippen LogP contribution in [0.4, 0.5) is 0 Å². The van der Waals surface area contributed by atoms with Gasteiger partial charge < -0.3 is 5.11 Å². The van der Waals surface area contributed by atoms with Gasteiger partial charge in [0.25, 0.3) is 0 Å². The van der Waals surface area contributed by atoms with Gasteiger partial charge in [0.05, 0.1) is 0 Å². The summed E-state index contributed by atoms with van der Waals surface area (Å²) in [4.78, 5) is 13.7. The van der Waals surface area contributed by atoms with Crippen LogP contribution in [0.3, 0.4) is 0 Å². The zero-order valence-corrected chi connectivity index (χ0v) is 10.1. The van der Waals surface area contributed by atoms with Crippen LogP contribution < -0.4 is 0 Å². The first-order valence-electron chi connectivity index (χ1n) is 6.12. The SMILES string of the molecule is CCC1CCCN1C(CC)(CC)C(=O)O. The van der Waals surface area contributed by atoms with Crippen LogP contribution in [0.5, 0.6) is 0 Å². The summed E-state index contributed by atoms with van der Waals surface area (Å²) in [5, 5.41) is 9.46. The molecular weight excluding hydrogens is 190 g/mol. The minimum absolute atomic E-state index is 0.473. The van der Waals surface area contributed by atoms with Crippen molar-refractivity contribution in [1.82, 2.24) is 4.90 Å². The number of nitrogens with zero attached hydrogens (tertiary/aromatic N) is 1. The summed E-state index contributed by atoms with van der Waals surface area (Å²) < 4.78 is 0. The summed E-state index contributed by atoms with van der Waals surface area (Å²) in [7, 11) is 0. The molecule has 1 aliphatic heterocycles. The highest BCUT2D eigenvalue weighted by atomic mass is 16.4. The van der Waals surface area contributed by atoms with E-state index in [4.69, 9.17) is 0 Å². The molecule has 0 saturated carbocycles. The Morgan fingerprint density at radius 1 is 1.40 bits per heavy atom. The van der Waals surface area contributed by atoms with Gasteiger partial charge in [0, 0.05) is 6.04 Å². The second kappa shape index (κ2) is 4.97. The fourth-order valence-electron chi connectivity index (χ4n) is 2.91. The Balaban J connectivity index is 2.92. The zero-order valence-electron chi connectivity index (χ0n) is 10.1. The quantitative estimate of drug-likeness (QED) is 0.763. The molecule has 1 heterocycles. The molecule has 0 aromatic rings. The van der Waals surface area contributed by atoms with Crippen LogP contribution in [0.15, 0.2) is 0 Å². The van der Waals surface area contributed by atoms with Crippen molar-refractivity contribution in [2.24, 2.45) is 0 Å². The maximum Gasteiger partial charge on any atom is 0.324 e. The van der Waals surface area contributed by atoms with Crippen molar-refractivity contribution in [2.45, 2.75) is 64.5 Å². The highest BCUT2D eigenvalue weighted by Gasteiger charge is 2.45. The summed E-state index contributed by atoms with van der Waals surface area (Å²) in [6, 6.07) is 0.473. The molecule has 0 bridgehead atoms. The highest BCUT2D eigenvalue weighted by molar-refractivity contribution is 5.78. The summed E-state index contributed by atoms with van der Waals surface area (Å²) in [6.07, 6.45) is 4.78. The molecule has 0 aromatic carbocycles. The normalized spacial score (nSPS) is 23.3. The van der Waals surface area contributed by atoms with Gasteiger partial charge in [-0.1, -0.05) is 20.8 Å². The lowest BCUT2D eigenvalue weighted by molar-refractivity contribution is -0.153. The molecule has 3 nitrogen and oxygen atoms in total. The molecule has 1 aliphatic rings. The molecule has 3 heteroatoms. The van der Waals surface area contributed by atoms with Crippen LogP contribution in [-0.2, 0) is 4.79 Å². The average Bonchev–Trinajstić information content (AvgIpc) is 2.69. The third-order valence-electron chi connectivity index (χ3n) is 3.97. The summed E-state index contributed by atoms with van der Waals surface area (Å²) in [6.45, 7) is 7.08. The summed E-state index contributed by atoms with van der Waals surface area (Å²) >= 11 is 0. The average molecular weight is 213 g/mol. The molecule has 0 spiro atoms. The molecule has 1 fully saturated rings. The van der Waals surface area contributed by atoms with Gasteiger partial charge in [-0.3, -0.25) is 9.69 Å². The number of hydrogen-bond donors (Lipinski definition) is 1. The number of likely N-dealkylation sites (tertiary alicyclic amines) is 1. The van der Waals surface area contributed by atoms with Crippen LogP contribution in [-0.4, -0.2) is 34.1 Å². The Labute approximate surface area is 92.5 Å². The fourth-order valence-corrected chi connectivity index (χ4v) is 2.91. The van der Waals surface area contributed by atoms with Gasteiger partial charge in [-0.15, -0.1) is 0 Å². The van der Waals surface area contributed by atoms with E-state index in [1.165, 1.54) is 0 Å². The largest absolute Gasteiger partial charge is 0.480 e. The molecule has 1 atom stereocenters. The summed E-state index contributed by atoms with van der Waals surface area (Å²) in [5.41, 5.74) is -0.614. The molecule has 0 radical (unpaired) electrons. The van der Waals surface area contributed by atoms with Crippen LogP contribution in [0.25, 0.3) is 0 Å². The van der Waals surface area contributed by atoms with E-state index in [0.29, 0.717) is 18.9 Å². The molecule has 1 saturated heterocycles. The van der Waals surface area contributed by atoms with Crippen molar-refractivity contribution in [1.29, 1.82) is 0 Å². The molecule has 0 aromatic heterocycles. The molecular formula is C12H23NO2. The minimum atomic E-state index is -0.646. The van der Waals surface area contributed by atoms with Crippen molar-refractivity contribution in [2.75, 3.05) is 6.54 Å². The molecule has 0 amide bonds. The van der Waals surface area contributed by atoms with Gasteiger partial charge in [0.1, 0.15) is 5.54 Å². The first-order chi connectivity index (χ1) is 7.12. The van der Waals surface area contributed by atoms with E-state index < -0.39 is 11.5 Å². The molecule has 1 rings (SSSR count). The lowest BCUT2D eigenvalue weighted by Gasteiger charge is -2.40. The van der Waals surface area contributed by atoms with E-state index in [9.17, 15) is 9.90 Å². The van der Waals surface area contributed by atoms with Gasteiger partial charge in [-0.05, 0) is 38.6 Å².